The molecule has 0 heteroatoms. The summed E-state index contributed by atoms with van der Waals surface area (Å²) in [5, 5.41) is 0. The third-order valence-corrected chi connectivity index (χ3v) is 2.80. The lowest BCUT2D eigenvalue weighted by Gasteiger charge is -2.15. The molecule has 0 saturated heterocycles. The minimum absolute atomic E-state index is 1.05. The quantitative estimate of drug-likeness (QED) is 0.503. The minimum Gasteiger partial charge on any atom is -0.0683 e. The summed E-state index contributed by atoms with van der Waals surface area (Å²) in [4.78, 5) is 0. The van der Waals surface area contributed by atoms with E-state index < -0.39 is 0 Å². The molecule has 3 atom stereocenters. The second kappa shape index (κ2) is 7.41. The lowest BCUT2D eigenvalue weighted by atomic mass is 9.91. The van der Waals surface area contributed by atoms with E-state index in [0.29, 0.717) is 0 Å². The van der Waals surface area contributed by atoms with Crippen LogP contribution >= 0.6 is 0 Å². The summed E-state index contributed by atoms with van der Waals surface area (Å²) in [5.41, 5.74) is 0. The lowest BCUT2D eigenvalue weighted by Crippen LogP contribution is -2.03. The highest BCUT2D eigenvalue weighted by atomic mass is 14.5. The Kier molecular flexibility index (Phi) is 7.41. The average Bonchev–Trinajstić information content (AvgIpc) is 2.87. The van der Waals surface area contributed by atoms with Crippen LogP contribution in [0.4, 0.5) is 0 Å². The Morgan fingerprint density at radius 2 is 1.46 bits per heavy atom. The Bertz CT molecular complexity index is 107. The Morgan fingerprint density at radius 3 is 1.85 bits per heavy atom. The second-order valence-corrected chi connectivity index (χ2v) is 4.38. The zero-order valence-corrected chi connectivity index (χ0v) is 10.3. The van der Waals surface area contributed by atoms with Crippen LogP contribution in [0, 0.1) is 17.8 Å². The second-order valence-electron chi connectivity index (χ2n) is 4.38. The zero-order valence-electron chi connectivity index (χ0n) is 10.3. The van der Waals surface area contributed by atoms with E-state index in [1.165, 1.54) is 24.7 Å². The van der Waals surface area contributed by atoms with Crippen LogP contribution in [0.2, 0.25) is 0 Å². The van der Waals surface area contributed by atoms with Gasteiger partial charge in [0.25, 0.3) is 0 Å². The molecule has 0 radical (unpaired) electrons. The topological polar surface area (TPSA) is 0 Å². The molecular formula is C13H28. The molecule has 2 saturated carbocycles. The third kappa shape index (κ3) is 5.33. The maximum absolute atomic E-state index is 2.40. The van der Waals surface area contributed by atoms with Gasteiger partial charge in [-0.1, -0.05) is 47.5 Å². The van der Waals surface area contributed by atoms with Crippen LogP contribution in [0.5, 0.6) is 0 Å². The molecule has 0 aromatic heterocycles. The fourth-order valence-electron chi connectivity index (χ4n) is 2.09. The summed E-state index contributed by atoms with van der Waals surface area (Å²) in [6.07, 6.45) is 7.43. The summed E-state index contributed by atoms with van der Waals surface area (Å²) in [6, 6.07) is 0. The molecule has 0 bridgehead atoms. The van der Waals surface area contributed by atoms with Gasteiger partial charge in [0.05, 0.1) is 0 Å². The van der Waals surface area contributed by atoms with E-state index in [0.717, 1.165) is 5.92 Å². The molecule has 2 fully saturated rings. The summed E-state index contributed by atoms with van der Waals surface area (Å²) < 4.78 is 0. The Morgan fingerprint density at radius 1 is 0.923 bits per heavy atom. The average molecular weight is 184 g/mol. The molecule has 0 heterocycles. The zero-order chi connectivity index (χ0) is 10.3. The van der Waals surface area contributed by atoms with Crippen LogP contribution in [-0.4, -0.2) is 0 Å². The normalized spacial score (nSPS) is 34.4. The Hall–Kier alpha value is 0. The van der Waals surface area contributed by atoms with Gasteiger partial charge in [0.15, 0.2) is 0 Å². The van der Waals surface area contributed by atoms with Crippen molar-refractivity contribution in [1.82, 2.24) is 0 Å². The first-order valence-electron chi connectivity index (χ1n) is 6.27. The van der Waals surface area contributed by atoms with Gasteiger partial charge in [-0.25, -0.2) is 0 Å². The highest BCUT2D eigenvalue weighted by Crippen LogP contribution is 2.51. The molecule has 0 aliphatic heterocycles. The summed E-state index contributed by atoms with van der Waals surface area (Å²) >= 11 is 0. The molecule has 2 rings (SSSR count). The molecule has 2 aliphatic carbocycles. The van der Waals surface area contributed by atoms with Crippen LogP contribution < -0.4 is 0 Å². The van der Waals surface area contributed by atoms with Crippen LogP contribution in [-0.2, 0) is 0 Å². The van der Waals surface area contributed by atoms with Gasteiger partial charge in [0.1, 0.15) is 0 Å². The smallest absolute Gasteiger partial charge is 0.0380 e. The van der Waals surface area contributed by atoms with Gasteiger partial charge in [-0.15, -0.1) is 0 Å². The van der Waals surface area contributed by atoms with Crippen molar-refractivity contribution in [2.24, 2.45) is 17.8 Å². The highest BCUT2D eigenvalue weighted by Gasteiger charge is 2.40. The summed E-state index contributed by atoms with van der Waals surface area (Å²) in [7, 11) is 0. The predicted octanol–water partition coefficient (Wildman–Crippen LogP) is 4.89. The third-order valence-electron chi connectivity index (χ3n) is 2.80. The van der Waals surface area contributed by atoms with Gasteiger partial charge in [-0.2, -0.15) is 0 Å². The van der Waals surface area contributed by atoms with E-state index in [9.17, 15) is 0 Å². The van der Waals surface area contributed by atoms with E-state index in [2.05, 4.69) is 20.8 Å². The first-order chi connectivity index (χ1) is 6.27. The van der Waals surface area contributed by atoms with Crippen molar-refractivity contribution in [2.45, 2.75) is 66.7 Å². The molecule has 0 aromatic carbocycles. The molecule has 0 N–H and O–H groups in total. The Balaban J connectivity index is 0.000000251. The first kappa shape index (κ1) is 13.0. The van der Waals surface area contributed by atoms with E-state index in [4.69, 9.17) is 0 Å². The molecule has 13 heavy (non-hydrogen) atoms. The standard InChI is InChI=1S/C8H14.C3H8.C2H6/c1-6-2-3-7-5-8(7)4-6;1-3-2;1-2/h6-8H,2-5H2,1H3;3H2,1-2H3;1-2H3. The molecule has 0 nitrogen and oxygen atoms in total. The van der Waals surface area contributed by atoms with E-state index in [-0.39, 0.29) is 0 Å². The summed E-state index contributed by atoms with van der Waals surface area (Å²) in [6.45, 7) is 10.6. The number of fused-ring (bicyclic) bond motifs is 1. The Labute approximate surface area is 85.1 Å². The van der Waals surface area contributed by atoms with Crippen molar-refractivity contribution in [3.63, 3.8) is 0 Å². The van der Waals surface area contributed by atoms with Crippen molar-refractivity contribution in [1.29, 1.82) is 0 Å². The highest BCUT2D eigenvalue weighted by molar-refractivity contribution is 4.91. The van der Waals surface area contributed by atoms with Crippen molar-refractivity contribution < 1.29 is 0 Å². The van der Waals surface area contributed by atoms with Gasteiger partial charge in [0, 0.05) is 0 Å². The number of hydrogen-bond acceptors (Lipinski definition) is 0. The van der Waals surface area contributed by atoms with Crippen LogP contribution in [0.1, 0.15) is 66.7 Å². The molecular weight excluding hydrogens is 156 g/mol. The van der Waals surface area contributed by atoms with Crippen molar-refractivity contribution in [2.75, 3.05) is 0 Å². The number of rotatable bonds is 0. The van der Waals surface area contributed by atoms with Gasteiger partial charge < -0.3 is 0 Å². The van der Waals surface area contributed by atoms with Crippen molar-refractivity contribution >= 4 is 0 Å². The van der Waals surface area contributed by atoms with Gasteiger partial charge in [-0.05, 0) is 37.0 Å². The largest absolute Gasteiger partial charge is 0.0683 e. The van der Waals surface area contributed by atoms with Crippen LogP contribution in [0.15, 0.2) is 0 Å². The van der Waals surface area contributed by atoms with E-state index in [1.807, 2.05) is 13.8 Å². The first-order valence-corrected chi connectivity index (χ1v) is 6.27. The monoisotopic (exact) mass is 184 g/mol. The van der Waals surface area contributed by atoms with Gasteiger partial charge >= 0.3 is 0 Å². The minimum atomic E-state index is 1.05. The molecule has 2 aliphatic rings. The summed E-state index contributed by atoms with van der Waals surface area (Å²) in [5.74, 6) is 3.42. The molecule has 0 amide bonds. The molecule has 80 valence electrons. The predicted molar refractivity (Wildman–Crippen MR) is 61.9 cm³/mol. The molecule has 0 spiro atoms. The molecule has 3 unspecified atom stereocenters. The van der Waals surface area contributed by atoms with Crippen LogP contribution in [0.25, 0.3) is 0 Å². The SMILES string of the molecule is CC.CC1CCC2CC2C1.CCC. The van der Waals surface area contributed by atoms with Crippen LogP contribution in [0.3, 0.4) is 0 Å². The molecule has 0 aromatic rings. The maximum Gasteiger partial charge on any atom is -0.0380 e. The van der Waals surface area contributed by atoms with E-state index >= 15 is 0 Å². The lowest BCUT2D eigenvalue weighted by molar-refractivity contribution is 0.368. The van der Waals surface area contributed by atoms with Crippen molar-refractivity contribution in [3.8, 4) is 0 Å². The van der Waals surface area contributed by atoms with Crippen molar-refractivity contribution in [3.05, 3.63) is 0 Å². The van der Waals surface area contributed by atoms with Gasteiger partial charge in [0.2, 0.25) is 0 Å². The fraction of sp³-hybridized carbons (Fsp3) is 1.00. The fourth-order valence-corrected chi connectivity index (χ4v) is 2.09. The maximum atomic E-state index is 2.40. The van der Waals surface area contributed by atoms with E-state index in [1.54, 1.807) is 19.3 Å². The number of hydrogen-bond donors (Lipinski definition) is 0. The van der Waals surface area contributed by atoms with Gasteiger partial charge in [-0.3, -0.25) is 0 Å².